The number of pyridine rings is 1. The average Bonchev–Trinajstić information content (AvgIpc) is 2.88. The third-order valence-electron chi connectivity index (χ3n) is 3.61. The first-order valence-electron chi connectivity index (χ1n) is 6.34. The number of carbonyl (C=O) groups excluding carboxylic acids is 1. The molecule has 0 spiro atoms. The molecule has 0 saturated heterocycles. The number of hydrogen-bond donors (Lipinski definition) is 2. The summed E-state index contributed by atoms with van der Waals surface area (Å²) >= 11 is 0. The number of nitrogens with zero attached hydrogens (tertiary/aromatic N) is 3. The van der Waals surface area contributed by atoms with Crippen LogP contribution in [-0.4, -0.2) is 26.9 Å². The highest BCUT2D eigenvalue weighted by Crippen LogP contribution is 2.28. The zero-order chi connectivity index (χ0) is 13.2. The Kier molecular flexibility index (Phi) is 2.98. The molecule has 0 bridgehead atoms. The van der Waals surface area contributed by atoms with Crippen LogP contribution >= 0.6 is 0 Å². The highest BCUT2D eigenvalue weighted by Gasteiger charge is 2.28. The van der Waals surface area contributed by atoms with Crippen LogP contribution in [0.5, 0.6) is 0 Å². The number of carbonyl (C=O) groups is 1. The first-order chi connectivity index (χ1) is 9.24. The van der Waals surface area contributed by atoms with E-state index in [2.05, 4.69) is 20.3 Å². The van der Waals surface area contributed by atoms with Gasteiger partial charge in [0, 0.05) is 24.4 Å². The van der Waals surface area contributed by atoms with Crippen LogP contribution in [0.3, 0.4) is 0 Å². The maximum absolute atomic E-state index is 11.2. The van der Waals surface area contributed by atoms with Gasteiger partial charge >= 0.3 is 0 Å². The molecule has 3 N–H and O–H groups in total. The van der Waals surface area contributed by atoms with E-state index in [4.69, 9.17) is 5.73 Å². The molecule has 1 aliphatic rings. The van der Waals surface area contributed by atoms with Gasteiger partial charge in [-0.1, -0.05) is 0 Å². The predicted molar refractivity (Wildman–Crippen MR) is 71.3 cm³/mol. The second-order valence-corrected chi connectivity index (χ2v) is 4.87. The Morgan fingerprint density at radius 1 is 1.37 bits per heavy atom. The summed E-state index contributed by atoms with van der Waals surface area (Å²) in [5.74, 6) is 0.537. The summed E-state index contributed by atoms with van der Waals surface area (Å²) in [6.45, 7) is 0. The average molecular weight is 257 g/mol. The molecule has 2 aromatic heterocycles. The Morgan fingerprint density at radius 2 is 2.26 bits per heavy atom. The number of fused-ring (bicyclic) bond motifs is 1. The van der Waals surface area contributed by atoms with E-state index in [1.165, 1.54) is 6.33 Å². The minimum absolute atomic E-state index is 0.0243. The molecule has 1 saturated carbocycles. The first kappa shape index (κ1) is 11.8. The fraction of sp³-hybridized carbons (Fsp3) is 0.385. The van der Waals surface area contributed by atoms with E-state index < -0.39 is 0 Å². The molecule has 0 aliphatic heterocycles. The monoisotopic (exact) mass is 257 g/mol. The minimum Gasteiger partial charge on any atom is -0.369 e. The van der Waals surface area contributed by atoms with Crippen LogP contribution < -0.4 is 11.1 Å². The molecule has 2 atom stereocenters. The second-order valence-electron chi connectivity index (χ2n) is 4.87. The normalized spacial score (nSPS) is 22.5. The van der Waals surface area contributed by atoms with E-state index >= 15 is 0 Å². The summed E-state index contributed by atoms with van der Waals surface area (Å²) in [6.07, 6.45) is 7.52. The Morgan fingerprint density at radius 3 is 3.05 bits per heavy atom. The lowest BCUT2D eigenvalue weighted by Gasteiger charge is -2.14. The van der Waals surface area contributed by atoms with Gasteiger partial charge in [-0.15, -0.1) is 0 Å². The van der Waals surface area contributed by atoms with Crippen LogP contribution in [0, 0.1) is 5.92 Å². The summed E-state index contributed by atoms with van der Waals surface area (Å²) in [4.78, 5) is 23.7. The van der Waals surface area contributed by atoms with Gasteiger partial charge in [-0.3, -0.25) is 9.78 Å². The standard InChI is InChI=1S/C13H15N5O/c14-12(19)8-1-2-9(5-8)18-13-10-6-15-4-3-11(10)16-7-17-13/h3-4,6-9H,1-2,5H2,(H2,14,19)(H,16,17,18)/t8-,9+/m1/s1. The van der Waals surface area contributed by atoms with Crippen LogP contribution in [0.2, 0.25) is 0 Å². The molecular weight excluding hydrogens is 242 g/mol. The van der Waals surface area contributed by atoms with Crippen LogP contribution in [-0.2, 0) is 4.79 Å². The molecule has 1 aliphatic carbocycles. The third kappa shape index (κ3) is 2.33. The maximum Gasteiger partial charge on any atom is 0.220 e. The topological polar surface area (TPSA) is 93.8 Å². The van der Waals surface area contributed by atoms with Crippen molar-refractivity contribution in [2.45, 2.75) is 25.3 Å². The van der Waals surface area contributed by atoms with E-state index in [-0.39, 0.29) is 17.9 Å². The fourth-order valence-corrected chi connectivity index (χ4v) is 2.58. The lowest BCUT2D eigenvalue weighted by atomic mass is 10.1. The largest absolute Gasteiger partial charge is 0.369 e. The summed E-state index contributed by atoms with van der Waals surface area (Å²) in [7, 11) is 0. The van der Waals surface area contributed by atoms with Crippen LogP contribution in [0.15, 0.2) is 24.8 Å². The van der Waals surface area contributed by atoms with Gasteiger partial charge in [-0.05, 0) is 25.3 Å². The van der Waals surface area contributed by atoms with Crippen molar-refractivity contribution in [2.75, 3.05) is 5.32 Å². The lowest BCUT2D eigenvalue weighted by Crippen LogP contribution is -2.23. The third-order valence-corrected chi connectivity index (χ3v) is 3.61. The predicted octanol–water partition coefficient (Wildman–Crippen LogP) is 1.09. The van der Waals surface area contributed by atoms with E-state index in [9.17, 15) is 4.79 Å². The van der Waals surface area contributed by atoms with E-state index in [0.29, 0.717) is 0 Å². The number of aromatic nitrogens is 3. The second kappa shape index (κ2) is 4.79. The molecule has 98 valence electrons. The van der Waals surface area contributed by atoms with E-state index in [0.717, 1.165) is 36.0 Å². The van der Waals surface area contributed by atoms with Crippen molar-refractivity contribution in [3.8, 4) is 0 Å². The molecule has 1 amide bonds. The quantitative estimate of drug-likeness (QED) is 0.858. The van der Waals surface area contributed by atoms with Gasteiger partial charge in [0.05, 0.1) is 10.9 Å². The molecule has 0 radical (unpaired) electrons. The van der Waals surface area contributed by atoms with Gasteiger partial charge in [0.25, 0.3) is 0 Å². The number of hydrogen-bond acceptors (Lipinski definition) is 5. The number of rotatable bonds is 3. The molecule has 3 rings (SSSR count). The van der Waals surface area contributed by atoms with Crippen molar-refractivity contribution in [3.05, 3.63) is 24.8 Å². The molecule has 1 fully saturated rings. The van der Waals surface area contributed by atoms with E-state index in [1.54, 1.807) is 12.4 Å². The highest BCUT2D eigenvalue weighted by atomic mass is 16.1. The molecule has 6 heteroatoms. The van der Waals surface area contributed by atoms with Crippen LogP contribution in [0.4, 0.5) is 5.82 Å². The first-order valence-corrected chi connectivity index (χ1v) is 6.34. The van der Waals surface area contributed by atoms with Gasteiger partial charge in [0.15, 0.2) is 0 Å². The Bertz CT molecular complexity index is 610. The molecule has 2 aromatic rings. The maximum atomic E-state index is 11.2. The number of nitrogens with two attached hydrogens (primary N) is 1. The van der Waals surface area contributed by atoms with Crippen molar-refractivity contribution < 1.29 is 4.79 Å². The number of primary amides is 1. The Hall–Kier alpha value is -2.24. The van der Waals surface area contributed by atoms with Gasteiger partial charge in [-0.2, -0.15) is 0 Å². The minimum atomic E-state index is -0.210. The van der Waals surface area contributed by atoms with Gasteiger partial charge in [-0.25, -0.2) is 9.97 Å². The molecule has 19 heavy (non-hydrogen) atoms. The number of amides is 1. The van der Waals surface area contributed by atoms with Gasteiger partial charge in [0.2, 0.25) is 5.91 Å². The zero-order valence-electron chi connectivity index (χ0n) is 10.4. The van der Waals surface area contributed by atoms with Gasteiger partial charge < -0.3 is 11.1 Å². The Labute approximate surface area is 110 Å². The summed E-state index contributed by atoms with van der Waals surface area (Å²) in [6, 6.07) is 2.08. The number of nitrogens with one attached hydrogen (secondary N) is 1. The SMILES string of the molecule is NC(=O)[C@@H]1CC[C@H](Nc2ncnc3ccncc23)C1. The van der Waals surface area contributed by atoms with Crippen molar-refractivity contribution in [3.63, 3.8) is 0 Å². The summed E-state index contributed by atoms with van der Waals surface area (Å²) in [5, 5.41) is 4.27. The lowest BCUT2D eigenvalue weighted by molar-refractivity contribution is -0.121. The van der Waals surface area contributed by atoms with Crippen LogP contribution in [0.1, 0.15) is 19.3 Å². The van der Waals surface area contributed by atoms with Crippen molar-refractivity contribution in [1.82, 2.24) is 15.0 Å². The van der Waals surface area contributed by atoms with Crippen molar-refractivity contribution >= 4 is 22.6 Å². The molecule has 0 unspecified atom stereocenters. The summed E-state index contributed by atoms with van der Waals surface area (Å²) < 4.78 is 0. The van der Waals surface area contributed by atoms with Crippen molar-refractivity contribution in [2.24, 2.45) is 11.7 Å². The van der Waals surface area contributed by atoms with Crippen LogP contribution in [0.25, 0.3) is 10.9 Å². The molecular formula is C13H15N5O. The molecule has 0 aromatic carbocycles. The Balaban J connectivity index is 1.81. The van der Waals surface area contributed by atoms with Gasteiger partial charge in [0.1, 0.15) is 12.1 Å². The fourth-order valence-electron chi connectivity index (χ4n) is 2.58. The smallest absolute Gasteiger partial charge is 0.220 e. The van der Waals surface area contributed by atoms with E-state index in [1.807, 2.05) is 6.07 Å². The molecule has 2 heterocycles. The molecule has 6 nitrogen and oxygen atoms in total. The highest BCUT2D eigenvalue weighted by molar-refractivity contribution is 5.88. The summed E-state index contributed by atoms with van der Waals surface area (Å²) in [5.41, 5.74) is 6.20. The number of anilines is 1. The van der Waals surface area contributed by atoms with Crippen molar-refractivity contribution in [1.29, 1.82) is 0 Å². The zero-order valence-corrected chi connectivity index (χ0v) is 10.4.